The highest BCUT2D eigenvalue weighted by Crippen LogP contribution is 2.04. The molecule has 0 amide bonds. The third-order valence-corrected chi connectivity index (χ3v) is 1.92. The summed E-state index contributed by atoms with van der Waals surface area (Å²) in [5.74, 6) is 0.304. The van der Waals surface area contributed by atoms with Crippen molar-refractivity contribution < 1.29 is 4.79 Å². The molecule has 1 nitrogen and oxygen atoms in total. The zero-order valence-corrected chi connectivity index (χ0v) is 7.63. The van der Waals surface area contributed by atoms with E-state index in [2.05, 4.69) is 0 Å². The Bertz CT molecular complexity index is 259. The van der Waals surface area contributed by atoms with Crippen LogP contribution in [0, 0.1) is 6.92 Å². The standard InChI is InChI=1S/C11H14O/c1-3-11(12)8-10-6-4-9(2)5-7-10/h4-7H,3,8H2,1-2H3. The maximum absolute atomic E-state index is 11.1. The molecule has 1 aromatic carbocycles. The van der Waals surface area contributed by atoms with Gasteiger partial charge in [0.2, 0.25) is 0 Å². The first-order chi connectivity index (χ1) is 5.72. The number of carbonyl (C=O) groups is 1. The fraction of sp³-hybridized carbons (Fsp3) is 0.364. The van der Waals surface area contributed by atoms with Crippen LogP contribution in [0.25, 0.3) is 0 Å². The van der Waals surface area contributed by atoms with E-state index in [0.29, 0.717) is 18.6 Å². The van der Waals surface area contributed by atoms with Crippen LogP contribution in [0.4, 0.5) is 0 Å². The van der Waals surface area contributed by atoms with Crippen LogP contribution in [0.2, 0.25) is 0 Å². The molecule has 0 aliphatic rings. The molecule has 0 N–H and O–H groups in total. The van der Waals surface area contributed by atoms with Gasteiger partial charge in [-0.1, -0.05) is 36.8 Å². The van der Waals surface area contributed by atoms with Gasteiger partial charge in [-0.05, 0) is 12.5 Å². The van der Waals surface area contributed by atoms with Crippen molar-refractivity contribution in [1.82, 2.24) is 0 Å². The Kier molecular flexibility index (Phi) is 3.03. The second-order valence-electron chi connectivity index (χ2n) is 3.05. The molecule has 12 heavy (non-hydrogen) atoms. The number of benzene rings is 1. The normalized spacial score (nSPS) is 9.83. The Balaban J connectivity index is 2.64. The van der Waals surface area contributed by atoms with Gasteiger partial charge in [-0.2, -0.15) is 0 Å². The minimum absolute atomic E-state index is 0.304. The van der Waals surface area contributed by atoms with Crippen LogP contribution in [0.1, 0.15) is 24.5 Å². The molecular formula is C11H14O. The van der Waals surface area contributed by atoms with Crippen LogP contribution in [0.5, 0.6) is 0 Å². The molecule has 0 fully saturated rings. The Morgan fingerprint density at radius 3 is 2.33 bits per heavy atom. The molecule has 0 saturated heterocycles. The molecule has 0 spiro atoms. The summed E-state index contributed by atoms with van der Waals surface area (Å²) in [4.78, 5) is 11.1. The molecule has 0 atom stereocenters. The Morgan fingerprint density at radius 1 is 1.25 bits per heavy atom. The topological polar surface area (TPSA) is 17.1 Å². The summed E-state index contributed by atoms with van der Waals surface area (Å²) in [7, 11) is 0. The number of rotatable bonds is 3. The number of ketones is 1. The summed E-state index contributed by atoms with van der Waals surface area (Å²) in [5.41, 5.74) is 2.36. The fourth-order valence-electron chi connectivity index (χ4n) is 1.06. The van der Waals surface area contributed by atoms with Crippen molar-refractivity contribution in [2.45, 2.75) is 26.7 Å². The van der Waals surface area contributed by atoms with E-state index in [1.54, 1.807) is 0 Å². The van der Waals surface area contributed by atoms with Gasteiger partial charge in [0.15, 0.2) is 0 Å². The van der Waals surface area contributed by atoms with Gasteiger partial charge in [0.05, 0.1) is 0 Å². The van der Waals surface area contributed by atoms with Crippen molar-refractivity contribution in [3.63, 3.8) is 0 Å². The highest BCUT2D eigenvalue weighted by molar-refractivity contribution is 5.80. The Hall–Kier alpha value is -1.11. The van der Waals surface area contributed by atoms with Gasteiger partial charge in [0.25, 0.3) is 0 Å². The maximum Gasteiger partial charge on any atom is 0.136 e. The molecule has 0 bridgehead atoms. The first-order valence-electron chi connectivity index (χ1n) is 4.29. The monoisotopic (exact) mass is 162 g/mol. The van der Waals surface area contributed by atoms with E-state index in [9.17, 15) is 4.79 Å². The quantitative estimate of drug-likeness (QED) is 0.667. The van der Waals surface area contributed by atoms with Crippen molar-refractivity contribution in [2.24, 2.45) is 0 Å². The van der Waals surface area contributed by atoms with Crippen LogP contribution in [-0.2, 0) is 11.2 Å². The lowest BCUT2D eigenvalue weighted by Crippen LogP contribution is -1.99. The van der Waals surface area contributed by atoms with Gasteiger partial charge in [0.1, 0.15) is 5.78 Å². The minimum atomic E-state index is 0.304. The van der Waals surface area contributed by atoms with E-state index < -0.39 is 0 Å². The van der Waals surface area contributed by atoms with Gasteiger partial charge in [-0.3, -0.25) is 4.79 Å². The summed E-state index contributed by atoms with van der Waals surface area (Å²) in [6.07, 6.45) is 1.21. The van der Waals surface area contributed by atoms with E-state index in [1.807, 2.05) is 38.1 Å². The summed E-state index contributed by atoms with van der Waals surface area (Å²) in [6.45, 7) is 3.95. The Labute approximate surface area is 73.4 Å². The van der Waals surface area contributed by atoms with Crippen LogP contribution < -0.4 is 0 Å². The molecule has 1 rings (SSSR count). The second-order valence-corrected chi connectivity index (χ2v) is 3.05. The predicted octanol–water partition coefficient (Wildman–Crippen LogP) is 2.52. The maximum atomic E-state index is 11.1. The summed E-state index contributed by atoms with van der Waals surface area (Å²) >= 11 is 0. The Morgan fingerprint density at radius 2 is 1.83 bits per heavy atom. The van der Waals surface area contributed by atoms with Crippen LogP contribution in [-0.4, -0.2) is 5.78 Å². The molecule has 0 aliphatic heterocycles. The van der Waals surface area contributed by atoms with Gasteiger partial charge in [-0.25, -0.2) is 0 Å². The summed E-state index contributed by atoms with van der Waals surface area (Å²) < 4.78 is 0. The highest BCUT2D eigenvalue weighted by Gasteiger charge is 1.99. The predicted molar refractivity (Wildman–Crippen MR) is 50.2 cm³/mol. The molecule has 64 valence electrons. The number of Topliss-reactive ketones (excluding diaryl/α,β-unsaturated/α-hetero) is 1. The smallest absolute Gasteiger partial charge is 0.136 e. The molecule has 0 aliphatic carbocycles. The molecule has 0 unspecified atom stereocenters. The van der Waals surface area contributed by atoms with E-state index in [0.717, 1.165) is 5.56 Å². The lowest BCUT2D eigenvalue weighted by Gasteiger charge is -1.98. The zero-order valence-electron chi connectivity index (χ0n) is 7.63. The van der Waals surface area contributed by atoms with Gasteiger partial charge in [0, 0.05) is 12.8 Å². The largest absolute Gasteiger partial charge is 0.299 e. The molecule has 0 heterocycles. The van der Waals surface area contributed by atoms with Gasteiger partial charge in [-0.15, -0.1) is 0 Å². The van der Waals surface area contributed by atoms with Gasteiger partial charge >= 0.3 is 0 Å². The van der Waals surface area contributed by atoms with E-state index in [1.165, 1.54) is 5.56 Å². The lowest BCUT2D eigenvalue weighted by molar-refractivity contribution is -0.118. The minimum Gasteiger partial charge on any atom is -0.299 e. The average molecular weight is 162 g/mol. The van der Waals surface area contributed by atoms with Crippen molar-refractivity contribution in [3.8, 4) is 0 Å². The first-order valence-corrected chi connectivity index (χ1v) is 4.29. The van der Waals surface area contributed by atoms with E-state index in [-0.39, 0.29) is 0 Å². The molecule has 0 saturated carbocycles. The highest BCUT2D eigenvalue weighted by atomic mass is 16.1. The van der Waals surface area contributed by atoms with Gasteiger partial charge < -0.3 is 0 Å². The fourth-order valence-corrected chi connectivity index (χ4v) is 1.06. The van der Waals surface area contributed by atoms with Crippen molar-refractivity contribution in [3.05, 3.63) is 35.4 Å². The zero-order chi connectivity index (χ0) is 8.97. The molecular weight excluding hydrogens is 148 g/mol. The molecule has 0 aromatic heterocycles. The second kappa shape index (κ2) is 4.05. The number of hydrogen-bond donors (Lipinski definition) is 0. The molecule has 0 radical (unpaired) electrons. The summed E-state index contributed by atoms with van der Waals surface area (Å²) in [6, 6.07) is 8.11. The van der Waals surface area contributed by atoms with E-state index in [4.69, 9.17) is 0 Å². The number of hydrogen-bond acceptors (Lipinski definition) is 1. The van der Waals surface area contributed by atoms with Crippen molar-refractivity contribution in [1.29, 1.82) is 0 Å². The summed E-state index contributed by atoms with van der Waals surface area (Å²) in [5, 5.41) is 0. The number of aryl methyl sites for hydroxylation is 1. The van der Waals surface area contributed by atoms with Crippen LogP contribution >= 0.6 is 0 Å². The van der Waals surface area contributed by atoms with Crippen LogP contribution in [0.3, 0.4) is 0 Å². The van der Waals surface area contributed by atoms with Crippen molar-refractivity contribution >= 4 is 5.78 Å². The lowest BCUT2D eigenvalue weighted by atomic mass is 10.1. The molecule has 1 heteroatoms. The third kappa shape index (κ3) is 2.50. The third-order valence-electron chi connectivity index (χ3n) is 1.92. The van der Waals surface area contributed by atoms with Crippen molar-refractivity contribution in [2.75, 3.05) is 0 Å². The number of carbonyl (C=O) groups excluding carboxylic acids is 1. The van der Waals surface area contributed by atoms with Crippen LogP contribution in [0.15, 0.2) is 24.3 Å². The first kappa shape index (κ1) is 8.98. The molecule has 1 aromatic rings. The SMILES string of the molecule is CCC(=O)Cc1ccc(C)cc1. The average Bonchev–Trinajstić information content (AvgIpc) is 2.09. The van der Waals surface area contributed by atoms with E-state index >= 15 is 0 Å².